The Kier molecular flexibility index (Phi) is 9.44. The first-order valence-corrected chi connectivity index (χ1v) is 13.1. The van der Waals surface area contributed by atoms with E-state index in [1.165, 1.54) is 6.07 Å². The highest BCUT2D eigenvalue weighted by molar-refractivity contribution is 9.10. The fourth-order valence-corrected chi connectivity index (χ4v) is 4.41. The van der Waals surface area contributed by atoms with Crippen molar-refractivity contribution >= 4 is 33.9 Å². The minimum absolute atomic E-state index is 0.000893. The molecule has 7 nitrogen and oxygen atoms in total. The first kappa shape index (κ1) is 28.7. The molecule has 0 fully saturated rings. The summed E-state index contributed by atoms with van der Waals surface area (Å²) in [6.45, 7) is 2.20. The smallest absolute Gasteiger partial charge is 0.326 e. The van der Waals surface area contributed by atoms with Crippen molar-refractivity contribution in [3.8, 4) is 17.2 Å². The Morgan fingerprint density at radius 1 is 1.12 bits per heavy atom. The molecule has 40 heavy (non-hydrogen) atoms. The van der Waals surface area contributed by atoms with Crippen LogP contribution in [0.1, 0.15) is 22.6 Å². The molecular weight excluding hydrogens is 586 g/mol. The number of nitrogens with zero attached hydrogens (tertiary/aromatic N) is 1. The number of carbonyl (C=O) groups excluding carboxylic acids is 1. The minimum Gasteiger partial charge on any atom is -0.492 e. The average Bonchev–Trinajstić information content (AvgIpc) is 3.29. The molecule has 0 spiro atoms. The van der Waals surface area contributed by atoms with Gasteiger partial charge in [0.25, 0.3) is 0 Å². The first-order chi connectivity index (χ1) is 19.2. The molecule has 1 heterocycles. The number of hydrogen-bond donors (Lipinski definition) is 2. The molecule has 0 bridgehead atoms. The van der Waals surface area contributed by atoms with Crippen LogP contribution >= 0.6 is 15.9 Å². The summed E-state index contributed by atoms with van der Waals surface area (Å²) in [6.07, 6.45) is 2.67. The Balaban J connectivity index is 1.33. The van der Waals surface area contributed by atoms with Gasteiger partial charge in [0.1, 0.15) is 29.2 Å². The van der Waals surface area contributed by atoms with Crippen molar-refractivity contribution in [1.29, 1.82) is 0 Å². The van der Waals surface area contributed by atoms with E-state index in [0.29, 0.717) is 40.8 Å². The highest BCUT2D eigenvalue weighted by atomic mass is 79.9. The van der Waals surface area contributed by atoms with Crippen molar-refractivity contribution in [2.75, 3.05) is 6.61 Å². The highest BCUT2D eigenvalue weighted by Gasteiger charge is 2.20. The zero-order valence-corrected chi connectivity index (χ0v) is 23.0. The van der Waals surface area contributed by atoms with Gasteiger partial charge in [-0.15, -0.1) is 0 Å². The molecule has 1 atom stereocenters. The van der Waals surface area contributed by atoms with Crippen LogP contribution in [-0.4, -0.2) is 34.6 Å². The summed E-state index contributed by atoms with van der Waals surface area (Å²) in [6, 6.07) is 16.5. The molecule has 0 unspecified atom stereocenters. The molecule has 1 aromatic heterocycles. The van der Waals surface area contributed by atoms with Crippen molar-refractivity contribution in [2.24, 2.45) is 0 Å². The van der Waals surface area contributed by atoms with Gasteiger partial charge in [0.2, 0.25) is 11.8 Å². The van der Waals surface area contributed by atoms with Crippen LogP contribution in [0, 0.1) is 18.6 Å². The third kappa shape index (κ3) is 7.63. The highest BCUT2D eigenvalue weighted by Crippen LogP contribution is 2.27. The van der Waals surface area contributed by atoms with E-state index < -0.39 is 29.6 Å². The zero-order chi connectivity index (χ0) is 28.6. The largest absolute Gasteiger partial charge is 0.492 e. The number of amides is 1. The summed E-state index contributed by atoms with van der Waals surface area (Å²) < 4.78 is 39.1. The molecule has 3 aromatic carbocycles. The molecule has 0 radical (unpaired) electrons. The number of carboxylic acid groups (broad SMARTS) is 1. The van der Waals surface area contributed by atoms with Crippen LogP contribution in [0.3, 0.4) is 0 Å². The second-order valence-electron chi connectivity index (χ2n) is 8.85. The predicted octanol–water partition coefficient (Wildman–Crippen LogP) is 6.14. The number of carbonyl (C=O) groups is 2. The van der Waals surface area contributed by atoms with Gasteiger partial charge in [-0.3, -0.25) is 4.79 Å². The summed E-state index contributed by atoms with van der Waals surface area (Å²) >= 11 is 3.46. The Hall–Kier alpha value is -4.31. The number of nitrogens with one attached hydrogen (secondary N) is 1. The topological polar surface area (TPSA) is 102 Å². The number of rotatable bonds is 11. The average molecular weight is 611 g/mol. The molecule has 0 saturated carbocycles. The Morgan fingerprint density at radius 2 is 1.90 bits per heavy atom. The van der Waals surface area contributed by atoms with E-state index in [0.717, 1.165) is 35.2 Å². The SMILES string of the molecule is Cc1oc(-c2ccccc2)nc1CCOc1ccc(C[C@H](NC(=O)C=Cc2ccc(F)cc2F)C(=O)O)cc1Br. The number of aryl methyl sites for hydroxylation is 1. The van der Waals surface area contributed by atoms with Gasteiger partial charge < -0.3 is 19.6 Å². The third-order valence-electron chi connectivity index (χ3n) is 5.94. The molecule has 2 N–H and O–H groups in total. The summed E-state index contributed by atoms with van der Waals surface area (Å²) in [4.78, 5) is 28.6. The number of ether oxygens (including phenoxy) is 1. The molecular formula is C30H25BrF2N2O5. The number of benzene rings is 3. The van der Waals surface area contributed by atoms with Crippen LogP contribution in [0.2, 0.25) is 0 Å². The van der Waals surface area contributed by atoms with Crippen molar-refractivity contribution < 1.29 is 32.6 Å². The summed E-state index contributed by atoms with van der Waals surface area (Å²) in [5, 5.41) is 12.0. The lowest BCUT2D eigenvalue weighted by molar-refractivity contribution is -0.141. The van der Waals surface area contributed by atoms with Gasteiger partial charge in [-0.05, 0) is 70.9 Å². The number of hydrogen-bond acceptors (Lipinski definition) is 5. The van der Waals surface area contributed by atoms with Gasteiger partial charge in [-0.1, -0.05) is 24.3 Å². The summed E-state index contributed by atoms with van der Waals surface area (Å²) in [7, 11) is 0. The van der Waals surface area contributed by atoms with Gasteiger partial charge in [-0.25, -0.2) is 18.6 Å². The van der Waals surface area contributed by atoms with Crippen molar-refractivity contribution in [1.82, 2.24) is 10.3 Å². The second kappa shape index (κ2) is 13.2. The van der Waals surface area contributed by atoms with Gasteiger partial charge in [0, 0.05) is 36.1 Å². The predicted molar refractivity (Wildman–Crippen MR) is 149 cm³/mol. The molecule has 1 amide bonds. The van der Waals surface area contributed by atoms with E-state index in [1.54, 1.807) is 18.2 Å². The number of aliphatic carboxylic acids is 1. The lowest BCUT2D eigenvalue weighted by atomic mass is 10.1. The minimum atomic E-state index is -1.23. The van der Waals surface area contributed by atoms with E-state index in [-0.39, 0.29) is 12.0 Å². The van der Waals surface area contributed by atoms with Crippen LogP contribution in [0.4, 0.5) is 8.78 Å². The fourth-order valence-electron chi connectivity index (χ4n) is 3.87. The Bertz CT molecular complexity index is 1540. The molecule has 4 rings (SSSR count). The molecule has 0 aliphatic heterocycles. The standard InChI is InChI=1S/C30H25BrF2N2O5/c1-18-25(35-29(40-18)21-5-3-2-4-6-21)13-14-39-27-11-7-19(15-23(27)31)16-26(30(37)38)34-28(36)12-9-20-8-10-22(32)17-24(20)33/h2-12,15,17,26H,13-14,16H2,1H3,(H,34,36)(H,37,38)/t26-/m0/s1. The maximum absolute atomic E-state index is 13.8. The van der Waals surface area contributed by atoms with E-state index in [4.69, 9.17) is 9.15 Å². The van der Waals surface area contributed by atoms with Gasteiger partial charge >= 0.3 is 5.97 Å². The maximum Gasteiger partial charge on any atom is 0.326 e. The van der Waals surface area contributed by atoms with Crippen molar-refractivity contribution in [3.63, 3.8) is 0 Å². The number of halogens is 3. The number of aromatic nitrogens is 1. The van der Waals surface area contributed by atoms with Gasteiger partial charge in [-0.2, -0.15) is 0 Å². The maximum atomic E-state index is 13.8. The van der Waals surface area contributed by atoms with Crippen LogP contribution in [0.25, 0.3) is 17.5 Å². The molecule has 0 aliphatic rings. The van der Waals surface area contributed by atoms with Crippen molar-refractivity contribution in [2.45, 2.75) is 25.8 Å². The number of carboxylic acids is 1. The number of oxazole rings is 1. The molecule has 206 valence electrons. The zero-order valence-electron chi connectivity index (χ0n) is 21.4. The van der Waals surface area contributed by atoms with Crippen LogP contribution in [0.15, 0.2) is 81.7 Å². The van der Waals surface area contributed by atoms with E-state index in [2.05, 4.69) is 26.2 Å². The Morgan fingerprint density at radius 3 is 2.60 bits per heavy atom. The summed E-state index contributed by atoms with van der Waals surface area (Å²) in [5.74, 6) is -1.70. The first-order valence-electron chi connectivity index (χ1n) is 12.3. The third-order valence-corrected chi connectivity index (χ3v) is 6.56. The fraction of sp³-hybridized carbons (Fsp3) is 0.167. The molecule has 10 heteroatoms. The van der Waals surface area contributed by atoms with Crippen molar-refractivity contribution in [3.05, 3.63) is 111 Å². The molecule has 4 aromatic rings. The summed E-state index contributed by atoms with van der Waals surface area (Å²) in [5.41, 5.74) is 2.33. The Labute approximate surface area is 237 Å². The van der Waals surface area contributed by atoms with E-state index >= 15 is 0 Å². The van der Waals surface area contributed by atoms with Crippen LogP contribution < -0.4 is 10.1 Å². The monoisotopic (exact) mass is 610 g/mol. The normalized spacial score (nSPS) is 11.9. The quantitative estimate of drug-likeness (QED) is 0.198. The van der Waals surface area contributed by atoms with E-state index in [1.807, 2.05) is 37.3 Å². The van der Waals surface area contributed by atoms with E-state index in [9.17, 15) is 23.5 Å². The lowest BCUT2D eigenvalue weighted by Gasteiger charge is -2.15. The molecule has 0 saturated heterocycles. The van der Waals surface area contributed by atoms with Gasteiger partial charge in [0.15, 0.2) is 0 Å². The lowest BCUT2D eigenvalue weighted by Crippen LogP contribution is -2.41. The van der Waals surface area contributed by atoms with Crippen LogP contribution in [-0.2, 0) is 22.4 Å². The van der Waals surface area contributed by atoms with Gasteiger partial charge in [0.05, 0.1) is 16.8 Å². The van der Waals surface area contributed by atoms with Crippen LogP contribution in [0.5, 0.6) is 5.75 Å². The molecule has 0 aliphatic carbocycles. The second-order valence-corrected chi connectivity index (χ2v) is 9.71.